The number of hydrogen-bond donors (Lipinski definition) is 1. The van der Waals surface area contributed by atoms with E-state index in [2.05, 4.69) is 11.9 Å². The first-order valence-electron chi connectivity index (χ1n) is 5.26. The van der Waals surface area contributed by atoms with Gasteiger partial charge in [-0.1, -0.05) is 24.3 Å². The zero-order valence-electron chi connectivity index (χ0n) is 9.69. The molecule has 0 saturated heterocycles. The monoisotopic (exact) mass is 219 g/mol. The van der Waals surface area contributed by atoms with Crippen LogP contribution in [0, 0.1) is 0 Å². The lowest BCUT2D eigenvalue weighted by molar-refractivity contribution is -0.126. The van der Waals surface area contributed by atoms with Crippen LogP contribution < -0.4 is 10.1 Å². The van der Waals surface area contributed by atoms with Crippen LogP contribution in [0.1, 0.15) is 12.5 Å². The first-order chi connectivity index (χ1) is 7.69. The Labute approximate surface area is 96.1 Å². The lowest BCUT2D eigenvalue weighted by Gasteiger charge is -2.15. The average Bonchev–Trinajstić information content (AvgIpc) is 2.31. The largest absolute Gasteiger partial charge is 0.481 e. The predicted octanol–water partition coefficient (Wildman–Crippen LogP) is 1.93. The molecule has 0 saturated carbocycles. The Hall–Kier alpha value is -1.77. The van der Waals surface area contributed by atoms with Crippen molar-refractivity contribution >= 4 is 5.91 Å². The van der Waals surface area contributed by atoms with Gasteiger partial charge in [0.05, 0.1) is 0 Å². The number of nitrogens with one attached hydrogen (secondary N) is 1. The van der Waals surface area contributed by atoms with Gasteiger partial charge in [-0.25, -0.2) is 0 Å². The molecule has 0 heterocycles. The van der Waals surface area contributed by atoms with E-state index in [9.17, 15) is 4.79 Å². The van der Waals surface area contributed by atoms with E-state index < -0.39 is 6.10 Å². The van der Waals surface area contributed by atoms with Gasteiger partial charge in [0.1, 0.15) is 5.75 Å². The summed E-state index contributed by atoms with van der Waals surface area (Å²) in [5.41, 5.74) is 1.04. The van der Waals surface area contributed by atoms with Crippen molar-refractivity contribution in [3.63, 3.8) is 0 Å². The number of benzene rings is 1. The lowest BCUT2D eigenvalue weighted by Crippen LogP contribution is -2.33. The maximum absolute atomic E-state index is 11.3. The molecule has 0 radical (unpaired) electrons. The minimum absolute atomic E-state index is 0.131. The molecular formula is C13H17NO2. The average molecular weight is 219 g/mol. The maximum atomic E-state index is 11.3. The smallest absolute Gasteiger partial charge is 0.260 e. The summed E-state index contributed by atoms with van der Waals surface area (Å²) in [5, 5.41) is 2.55. The van der Waals surface area contributed by atoms with Crippen LogP contribution in [0.15, 0.2) is 36.9 Å². The third kappa shape index (κ3) is 3.12. The number of para-hydroxylation sites is 1. The minimum atomic E-state index is -0.490. The molecule has 0 bridgehead atoms. The molecule has 0 aliphatic carbocycles. The predicted molar refractivity (Wildman–Crippen MR) is 64.5 cm³/mol. The van der Waals surface area contributed by atoms with E-state index in [4.69, 9.17) is 4.74 Å². The summed E-state index contributed by atoms with van der Waals surface area (Å²) in [6, 6.07) is 7.65. The number of likely N-dealkylation sites (N-methyl/N-ethyl adjacent to an activating group) is 1. The van der Waals surface area contributed by atoms with Crippen molar-refractivity contribution in [2.24, 2.45) is 0 Å². The quantitative estimate of drug-likeness (QED) is 0.768. The highest BCUT2D eigenvalue weighted by atomic mass is 16.5. The number of carbonyl (C=O) groups excluding carboxylic acids is 1. The second-order valence-corrected chi connectivity index (χ2v) is 3.47. The molecule has 0 unspecified atom stereocenters. The molecule has 0 aliphatic heterocycles. The molecule has 0 aliphatic rings. The topological polar surface area (TPSA) is 38.3 Å². The van der Waals surface area contributed by atoms with Crippen molar-refractivity contribution in [3.05, 3.63) is 42.5 Å². The fourth-order valence-corrected chi connectivity index (χ4v) is 1.39. The van der Waals surface area contributed by atoms with Crippen LogP contribution in [0.4, 0.5) is 0 Å². The van der Waals surface area contributed by atoms with Crippen LogP contribution in [-0.4, -0.2) is 19.1 Å². The fourth-order valence-electron chi connectivity index (χ4n) is 1.39. The van der Waals surface area contributed by atoms with Gasteiger partial charge in [-0.05, 0) is 25.0 Å². The summed E-state index contributed by atoms with van der Waals surface area (Å²) in [6.07, 6.45) is 2.06. The van der Waals surface area contributed by atoms with Gasteiger partial charge in [0.15, 0.2) is 6.10 Å². The standard InChI is InChI=1S/C13H17NO2/c1-4-7-11-8-5-6-9-12(11)16-10(2)13(15)14-3/h4-6,8-10H,1,7H2,2-3H3,(H,14,15)/t10-/m0/s1. The van der Waals surface area contributed by atoms with Gasteiger partial charge in [0, 0.05) is 7.05 Å². The zero-order valence-corrected chi connectivity index (χ0v) is 9.69. The van der Waals surface area contributed by atoms with Crippen LogP contribution in [-0.2, 0) is 11.2 Å². The van der Waals surface area contributed by atoms with Gasteiger partial charge < -0.3 is 10.1 Å². The third-order valence-electron chi connectivity index (χ3n) is 2.26. The van der Waals surface area contributed by atoms with Crippen LogP contribution in [0.5, 0.6) is 5.75 Å². The molecule has 1 rings (SSSR count). The van der Waals surface area contributed by atoms with Crippen LogP contribution >= 0.6 is 0 Å². The van der Waals surface area contributed by atoms with Gasteiger partial charge in [-0.2, -0.15) is 0 Å². The Bertz CT molecular complexity index is 374. The molecule has 3 heteroatoms. The molecule has 1 N–H and O–H groups in total. The molecule has 0 fully saturated rings. The second-order valence-electron chi connectivity index (χ2n) is 3.47. The Morgan fingerprint density at radius 2 is 2.25 bits per heavy atom. The van der Waals surface area contributed by atoms with Crippen molar-refractivity contribution in [1.29, 1.82) is 0 Å². The fraction of sp³-hybridized carbons (Fsp3) is 0.308. The number of hydrogen-bond acceptors (Lipinski definition) is 2. The molecular weight excluding hydrogens is 202 g/mol. The van der Waals surface area contributed by atoms with Gasteiger partial charge >= 0.3 is 0 Å². The summed E-state index contributed by atoms with van der Waals surface area (Å²) < 4.78 is 5.59. The Kier molecular flexibility index (Phi) is 4.58. The first kappa shape index (κ1) is 12.3. The summed E-state index contributed by atoms with van der Waals surface area (Å²) in [4.78, 5) is 11.3. The minimum Gasteiger partial charge on any atom is -0.481 e. The molecule has 1 aromatic rings. The van der Waals surface area contributed by atoms with E-state index in [0.717, 1.165) is 17.7 Å². The molecule has 86 valence electrons. The number of allylic oxidation sites excluding steroid dienone is 1. The molecule has 0 spiro atoms. The highest BCUT2D eigenvalue weighted by Crippen LogP contribution is 2.20. The summed E-state index contributed by atoms with van der Waals surface area (Å²) in [5.74, 6) is 0.604. The van der Waals surface area contributed by atoms with Crippen LogP contribution in [0.25, 0.3) is 0 Å². The molecule has 1 atom stereocenters. The molecule has 1 amide bonds. The first-order valence-corrected chi connectivity index (χ1v) is 5.26. The number of carbonyl (C=O) groups is 1. The van der Waals surface area contributed by atoms with Gasteiger partial charge in [0.25, 0.3) is 5.91 Å². The molecule has 3 nitrogen and oxygen atoms in total. The van der Waals surface area contributed by atoms with Crippen LogP contribution in [0.3, 0.4) is 0 Å². The maximum Gasteiger partial charge on any atom is 0.260 e. The molecule has 1 aromatic carbocycles. The van der Waals surface area contributed by atoms with Gasteiger partial charge in [0.2, 0.25) is 0 Å². The van der Waals surface area contributed by atoms with E-state index in [1.54, 1.807) is 14.0 Å². The number of amides is 1. The Morgan fingerprint density at radius 3 is 2.88 bits per heavy atom. The molecule has 16 heavy (non-hydrogen) atoms. The molecule has 0 aromatic heterocycles. The van der Waals surface area contributed by atoms with E-state index >= 15 is 0 Å². The Morgan fingerprint density at radius 1 is 1.56 bits per heavy atom. The summed E-state index contributed by atoms with van der Waals surface area (Å²) in [6.45, 7) is 5.42. The lowest BCUT2D eigenvalue weighted by atomic mass is 10.1. The summed E-state index contributed by atoms with van der Waals surface area (Å²) in [7, 11) is 1.60. The van der Waals surface area contributed by atoms with Gasteiger partial charge in [-0.15, -0.1) is 6.58 Å². The van der Waals surface area contributed by atoms with Crippen molar-refractivity contribution < 1.29 is 9.53 Å². The normalized spacial score (nSPS) is 11.6. The van der Waals surface area contributed by atoms with E-state index in [-0.39, 0.29) is 5.91 Å². The van der Waals surface area contributed by atoms with E-state index in [1.165, 1.54) is 0 Å². The van der Waals surface area contributed by atoms with E-state index in [1.807, 2.05) is 30.3 Å². The van der Waals surface area contributed by atoms with Crippen molar-refractivity contribution in [1.82, 2.24) is 5.32 Å². The summed E-state index contributed by atoms with van der Waals surface area (Å²) >= 11 is 0. The van der Waals surface area contributed by atoms with Crippen molar-refractivity contribution in [3.8, 4) is 5.75 Å². The number of ether oxygens (including phenoxy) is 1. The zero-order chi connectivity index (χ0) is 12.0. The van der Waals surface area contributed by atoms with E-state index in [0.29, 0.717) is 0 Å². The second kappa shape index (κ2) is 5.95. The highest BCUT2D eigenvalue weighted by molar-refractivity contribution is 5.80. The highest BCUT2D eigenvalue weighted by Gasteiger charge is 2.13. The van der Waals surface area contributed by atoms with Gasteiger partial charge in [-0.3, -0.25) is 4.79 Å². The SMILES string of the molecule is C=CCc1ccccc1O[C@@H](C)C(=O)NC. The Balaban J connectivity index is 2.79. The van der Waals surface area contributed by atoms with Crippen molar-refractivity contribution in [2.75, 3.05) is 7.05 Å². The van der Waals surface area contributed by atoms with Crippen molar-refractivity contribution in [2.45, 2.75) is 19.4 Å². The van der Waals surface area contributed by atoms with Crippen LogP contribution in [0.2, 0.25) is 0 Å². The number of rotatable bonds is 5. The third-order valence-corrected chi connectivity index (χ3v) is 2.26.